The molecule has 102 valence electrons. The van der Waals surface area contributed by atoms with E-state index in [1.54, 1.807) is 17.5 Å². The monoisotopic (exact) mass is 360 g/mol. The number of hydrogen-bond acceptors (Lipinski definition) is 4. The number of benzene rings is 1. The fourth-order valence-electron chi connectivity index (χ4n) is 1.52. The molecule has 3 N–H and O–H groups in total. The normalized spacial score (nSPS) is 11.5. The standard InChI is InChI=1S/C12H13BrN2O2S2/c1-8-2-3-12(11(13)4-8)15-19(16,17)10-5-9(6-14)18-7-10/h2-5,7,15H,6,14H2,1H3. The summed E-state index contributed by atoms with van der Waals surface area (Å²) in [5.41, 5.74) is 7.06. The summed E-state index contributed by atoms with van der Waals surface area (Å²) < 4.78 is 27.7. The average molecular weight is 361 g/mol. The van der Waals surface area contributed by atoms with Crippen LogP contribution in [-0.4, -0.2) is 8.42 Å². The van der Waals surface area contributed by atoms with Crippen LogP contribution in [0.4, 0.5) is 5.69 Å². The largest absolute Gasteiger partial charge is 0.326 e. The van der Waals surface area contributed by atoms with Crippen molar-refractivity contribution in [3.05, 3.63) is 44.6 Å². The Kier molecular flexibility index (Phi) is 4.29. The van der Waals surface area contributed by atoms with Crippen molar-refractivity contribution in [1.29, 1.82) is 0 Å². The smallest absolute Gasteiger partial charge is 0.262 e. The Morgan fingerprint density at radius 2 is 2.11 bits per heavy atom. The highest BCUT2D eigenvalue weighted by Gasteiger charge is 2.17. The Morgan fingerprint density at radius 1 is 1.37 bits per heavy atom. The third-order valence-electron chi connectivity index (χ3n) is 2.51. The molecular formula is C12H13BrN2O2S2. The van der Waals surface area contributed by atoms with E-state index in [4.69, 9.17) is 5.73 Å². The molecule has 0 saturated carbocycles. The molecule has 1 heterocycles. The van der Waals surface area contributed by atoms with Crippen LogP contribution in [0.1, 0.15) is 10.4 Å². The topological polar surface area (TPSA) is 72.2 Å². The molecule has 0 spiro atoms. The second-order valence-electron chi connectivity index (χ2n) is 4.04. The lowest BCUT2D eigenvalue weighted by Gasteiger charge is -2.09. The molecule has 2 aromatic rings. The first-order valence-electron chi connectivity index (χ1n) is 5.49. The van der Waals surface area contributed by atoms with Crippen LogP contribution in [0.3, 0.4) is 0 Å². The molecule has 0 aliphatic rings. The third-order valence-corrected chi connectivity index (χ3v) is 5.62. The molecule has 0 fully saturated rings. The summed E-state index contributed by atoms with van der Waals surface area (Å²) in [5, 5.41) is 1.59. The fourth-order valence-corrected chi connectivity index (χ4v) is 4.47. The van der Waals surface area contributed by atoms with E-state index >= 15 is 0 Å². The molecule has 0 aliphatic carbocycles. The predicted molar refractivity (Wildman–Crippen MR) is 81.9 cm³/mol. The number of halogens is 1. The van der Waals surface area contributed by atoms with Gasteiger partial charge in [0.1, 0.15) is 0 Å². The quantitative estimate of drug-likeness (QED) is 0.879. The van der Waals surface area contributed by atoms with Gasteiger partial charge in [-0.25, -0.2) is 8.42 Å². The Bertz CT molecular complexity index is 696. The van der Waals surface area contributed by atoms with Crippen LogP contribution >= 0.6 is 27.3 Å². The van der Waals surface area contributed by atoms with Crippen LogP contribution < -0.4 is 10.5 Å². The number of aryl methyl sites for hydroxylation is 1. The molecule has 0 unspecified atom stereocenters. The number of nitrogens with two attached hydrogens (primary N) is 1. The molecule has 1 aromatic carbocycles. The summed E-state index contributed by atoms with van der Waals surface area (Å²) >= 11 is 4.68. The van der Waals surface area contributed by atoms with Gasteiger partial charge in [0, 0.05) is 21.3 Å². The van der Waals surface area contributed by atoms with Crippen LogP contribution in [0, 0.1) is 6.92 Å². The van der Waals surface area contributed by atoms with E-state index in [1.807, 2.05) is 19.1 Å². The summed E-state index contributed by atoms with van der Waals surface area (Å²) in [6.07, 6.45) is 0. The number of sulfonamides is 1. The molecule has 7 heteroatoms. The van der Waals surface area contributed by atoms with Crippen molar-refractivity contribution in [3.8, 4) is 0 Å². The van der Waals surface area contributed by atoms with Crippen molar-refractivity contribution < 1.29 is 8.42 Å². The van der Waals surface area contributed by atoms with Gasteiger partial charge in [0.25, 0.3) is 10.0 Å². The van der Waals surface area contributed by atoms with Gasteiger partial charge in [-0.1, -0.05) is 6.07 Å². The van der Waals surface area contributed by atoms with Crippen LogP contribution in [0.5, 0.6) is 0 Å². The Balaban J connectivity index is 2.30. The zero-order valence-corrected chi connectivity index (χ0v) is 13.4. The minimum absolute atomic E-state index is 0.241. The minimum Gasteiger partial charge on any atom is -0.326 e. The lowest BCUT2D eigenvalue weighted by atomic mass is 10.2. The molecule has 19 heavy (non-hydrogen) atoms. The summed E-state index contributed by atoms with van der Waals surface area (Å²) in [4.78, 5) is 1.08. The van der Waals surface area contributed by atoms with Gasteiger partial charge < -0.3 is 5.73 Å². The summed E-state index contributed by atoms with van der Waals surface area (Å²) in [6, 6.07) is 7.03. The second-order valence-corrected chi connectivity index (χ2v) is 7.57. The number of rotatable bonds is 4. The Labute approximate surface area is 124 Å². The van der Waals surface area contributed by atoms with Gasteiger partial charge >= 0.3 is 0 Å². The highest BCUT2D eigenvalue weighted by molar-refractivity contribution is 9.10. The zero-order chi connectivity index (χ0) is 14.0. The molecule has 2 rings (SSSR count). The Hall–Kier alpha value is -0.890. The van der Waals surface area contributed by atoms with Gasteiger partial charge in [-0.15, -0.1) is 11.3 Å². The lowest BCUT2D eigenvalue weighted by Crippen LogP contribution is -2.12. The molecule has 0 atom stereocenters. The predicted octanol–water partition coefficient (Wildman–Crippen LogP) is 3.08. The van der Waals surface area contributed by atoms with Crippen molar-refractivity contribution in [3.63, 3.8) is 0 Å². The van der Waals surface area contributed by atoms with Crippen molar-refractivity contribution in [1.82, 2.24) is 0 Å². The molecule has 0 saturated heterocycles. The summed E-state index contributed by atoms with van der Waals surface area (Å²) in [6.45, 7) is 2.28. The molecule has 0 radical (unpaired) electrons. The highest BCUT2D eigenvalue weighted by Crippen LogP contribution is 2.27. The molecule has 0 aliphatic heterocycles. The van der Waals surface area contributed by atoms with E-state index in [1.165, 1.54) is 11.3 Å². The number of nitrogens with one attached hydrogen (secondary N) is 1. The highest BCUT2D eigenvalue weighted by atomic mass is 79.9. The Morgan fingerprint density at radius 3 is 2.68 bits per heavy atom. The third kappa shape index (κ3) is 3.36. The van der Waals surface area contributed by atoms with Crippen molar-refractivity contribution in [2.45, 2.75) is 18.4 Å². The van der Waals surface area contributed by atoms with Crippen LogP contribution in [0.25, 0.3) is 0 Å². The van der Waals surface area contributed by atoms with E-state index in [0.717, 1.165) is 10.4 Å². The maximum absolute atomic E-state index is 12.2. The summed E-state index contributed by atoms with van der Waals surface area (Å²) in [5.74, 6) is 0. The SMILES string of the molecule is Cc1ccc(NS(=O)(=O)c2csc(CN)c2)c(Br)c1. The first kappa shape index (κ1) is 14.5. The van der Waals surface area contributed by atoms with Gasteiger partial charge in [0.2, 0.25) is 0 Å². The van der Waals surface area contributed by atoms with Crippen LogP contribution in [-0.2, 0) is 16.6 Å². The van der Waals surface area contributed by atoms with Gasteiger partial charge in [-0.05, 0) is 46.6 Å². The van der Waals surface area contributed by atoms with Gasteiger partial charge in [0.15, 0.2) is 0 Å². The maximum Gasteiger partial charge on any atom is 0.262 e. The zero-order valence-electron chi connectivity index (χ0n) is 10.2. The molecule has 4 nitrogen and oxygen atoms in total. The number of anilines is 1. The molecule has 0 amide bonds. The van der Waals surface area contributed by atoms with Crippen molar-refractivity contribution >= 4 is 43.0 Å². The van der Waals surface area contributed by atoms with E-state index < -0.39 is 10.0 Å². The first-order chi connectivity index (χ1) is 8.92. The fraction of sp³-hybridized carbons (Fsp3) is 0.167. The van der Waals surface area contributed by atoms with Crippen molar-refractivity contribution in [2.75, 3.05) is 4.72 Å². The number of thiophene rings is 1. The summed E-state index contributed by atoms with van der Waals surface area (Å²) in [7, 11) is -3.56. The second kappa shape index (κ2) is 5.62. The van der Waals surface area contributed by atoms with Gasteiger partial charge in [0.05, 0.1) is 10.6 Å². The van der Waals surface area contributed by atoms with E-state index in [2.05, 4.69) is 20.7 Å². The van der Waals surface area contributed by atoms with Crippen molar-refractivity contribution in [2.24, 2.45) is 5.73 Å². The van der Waals surface area contributed by atoms with Gasteiger partial charge in [-0.2, -0.15) is 0 Å². The van der Waals surface area contributed by atoms with E-state index in [0.29, 0.717) is 16.7 Å². The van der Waals surface area contributed by atoms with Gasteiger partial charge in [-0.3, -0.25) is 4.72 Å². The first-order valence-corrected chi connectivity index (χ1v) is 8.64. The van der Waals surface area contributed by atoms with E-state index in [-0.39, 0.29) is 4.90 Å². The lowest BCUT2D eigenvalue weighted by molar-refractivity contribution is 0.601. The van der Waals surface area contributed by atoms with E-state index in [9.17, 15) is 8.42 Å². The minimum atomic E-state index is -3.56. The molecule has 1 aromatic heterocycles. The van der Waals surface area contributed by atoms with Crippen LogP contribution in [0.2, 0.25) is 0 Å². The molecular weight excluding hydrogens is 348 g/mol. The maximum atomic E-state index is 12.2. The molecule has 0 bridgehead atoms. The van der Waals surface area contributed by atoms with Crippen LogP contribution in [0.15, 0.2) is 39.0 Å². The average Bonchev–Trinajstić information content (AvgIpc) is 2.82. The number of hydrogen-bond donors (Lipinski definition) is 2.